The van der Waals surface area contributed by atoms with Crippen LogP contribution in [0.25, 0.3) is 0 Å². The number of methoxy groups -OCH3 is 1. The Morgan fingerprint density at radius 3 is 2.19 bits per heavy atom. The Balaban J connectivity index is 1.86. The molecule has 0 bridgehead atoms. The maximum Gasteiger partial charge on any atom is 0.252 e. The van der Waals surface area contributed by atoms with Crippen molar-refractivity contribution in [3.05, 3.63) is 59.7 Å². The third-order valence-electron chi connectivity index (χ3n) is 4.79. The number of anilines is 1. The molecule has 1 aliphatic heterocycles. The summed E-state index contributed by atoms with van der Waals surface area (Å²) in [6.07, 6.45) is 1.20. The van der Waals surface area contributed by atoms with E-state index < -0.39 is 10.7 Å². The Morgan fingerprint density at radius 1 is 1.04 bits per heavy atom. The van der Waals surface area contributed by atoms with Crippen LogP contribution in [-0.4, -0.2) is 31.5 Å². The number of amides is 1. The van der Waals surface area contributed by atoms with Gasteiger partial charge in [-0.2, -0.15) is 0 Å². The fourth-order valence-corrected chi connectivity index (χ4v) is 3.34. The Bertz CT molecular complexity index is 780. The second kappa shape index (κ2) is 7.89. The molecule has 1 saturated heterocycles. The number of hydrogen-bond donors (Lipinski definition) is 1. The number of ether oxygens (including phenoxy) is 2. The van der Waals surface area contributed by atoms with Crippen molar-refractivity contribution in [3.8, 4) is 5.75 Å². The minimum Gasteiger partial charge on any atom is -0.497 e. The van der Waals surface area contributed by atoms with Crippen LogP contribution in [0.1, 0.15) is 28.8 Å². The number of benzene rings is 2. The van der Waals surface area contributed by atoms with E-state index in [9.17, 15) is 9.59 Å². The first-order valence-corrected chi connectivity index (χ1v) is 8.76. The van der Waals surface area contributed by atoms with Gasteiger partial charge in [0.25, 0.3) is 5.24 Å². The van der Waals surface area contributed by atoms with Gasteiger partial charge in [0.15, 0.2) is 0 Å². The van der Waals surface area contributed by atoms with Crippen molar-refractivity contribution in [1.82, 2.24) is 0 Å². The largest absolute Gasteiger partial charge is 0.497 e. The fraction of sp³-hybridized carbons (Fsp3) is 0.300. The number of carbonyl (C=O) groups is 2. The lowest BCUT2D eigenvalue weighted by Gasteiger charge is -2.36. The SMILES string of the molecule is COc1ccc(C2(C(=O)Nc3ccc(C(=O)Cl)cc3)CCOCC2)cc1. The van der Waals surface area contributed by atoms with Crippen LogP contribution in [-0.2, 0) is 14.9 Å². The first kappa shape index (κ1) is 18.4. The van der Waals surface area contributed by atoms with E-state index in [4.69, 9.17) is 21.1 Å². The van der Waals surface area contributed by atoms with E-state index in [2.05, 4.69) is 5.32 Å². The van der Waals surface area contributed by atoms with Crippen molar-refractivity contribution >= 4 is 28.4 Å². The summed E-state index contributed by atoms with van der Waals surface area (Å²) in [5.74, 6) is 0.661. The molecular formula is C20H20ClNO4. The molecule has 0 radical (unpaired) electrons. The van der Waals surface area contributed by atoms with Gasteiger partial charge in [-0.25, -0.2) is 0 Å². The van der Waals surface area contributed by atoms with Gasteiger partial charge < -0.3 is 14.8 Å². The highest BCUT2D eigenvalue weighted by molar-refractivity contribution is 6.67. The molecule has 1 N–H and O–H groups in total. The maximum absolute atomic E-state index is 13.2. The topological polar surface area (TPSA) is 64.6 Å². The van der Waals surface area contributed by atoms with Crippen molar-refractivity contribution in [1.29, 1.82) is 0 Å². The summed E-state index contributed by atoms with van der Waals surface area (Å²) in [7, 11) is 1.61. The molecule has 0 saturated carbocycles. The third kappa shape index (κ3) is 3.74. The van der Waals surface area contributed by atoms with Crippen LogP contribution in [0.2, 0.25) is 0 Å². The second-order valence-corrected chi connectivity index (χ2v) is 6.57. The highest BCUT2D eigenvalue weighted by atomic mass is 35.5. The van der Waals surface area contributed by atoms with E-state index in [1.807, 2.05) is 24.3 Å². The Labute approximate surface area is 157 Å². The number of nitrogens with one attached hydrogen (secondary N) is 1. The number of rotatable bonds is 5. The van der Waals surface area contributed by atoms with Gasteiger partial charge in [0.2, 0.25) is 5.91 Å². The van der Waals surface area contributed by atoms with Gasteiger partial charge in [-0.3, -0.25) is 9.59 Å². The van der Waals surface area contributed by atoms with Crippen LogP contribution in [0.5, 0.6) is 5.75 Å². The van der Waals surface area contributed by atoms with Gasteiger partial charge in [0.05, 0.1) is 12.5 Å². The molecule has 1 heterocycles. The van der Waals surface area contributed by atoms with E-state index in [0.29, 0.717) is 37.3 Å². The summed E-state index contributed by atoms with van der Waals surface area (Å²) in [6, 6.07) is 14.1. The molecule has 1 aliphatic rings. The van der Waals surface area contributed by atoms with Gasteiger partial charge in [-0.1, -0.05) is 12.1 Å². The zero-order valence-corrected chi connectivity index (χ0v) is 15.2. The summed E-state index contributed by atoms with van der Waals surface area (Å²) in [5.41, 5.74) is 1.29. The lowest BCUT2D eigenvalue weighted by molar-refractivity contribution is -0.125. The number of carbonyl (C=O) groups excluding carboxylic acids is 2. The first-order valence-electron chi connectivity index (χ1n) is 8.39. The lowest BCUT2D eigenvalue weighted by atomic mass is 9.73. The number of halogens is 1. The normalized spacial score (nSPS) is 15.9. The molecule has 0 aliphatic carbocycles. The van der Waals surface area contributed by atoms with Crippen molar-refractivity contribution in [2.75, 3.05) is 25.6 Å². The maximum atomic E-state index is 13.2. The smallest absolute Gasteiger partial charge is 0.252 e. The van der Waals surface area contributed by atoms with E-state index >= 15 is 0 Å². The minimum absolute atomic E-state index is 0.0871. The second-order valence-electron chi connectivity index (χ2n) is 6.23. The monoisotopic (exact) mass is 373 g/mol. The molecule has 1 amide bonds. The molecule has 136 valence electrons. The molecule has 0 unspecified atom stereocenters. The Kier molecular flexibility index (Phi) is 5.59. The van der Waals surface area contributed by atoms with Gasteiger partial charge in [0, 0.05) is 24.5 Å². The molecular weight excluding hydrogens is 354 g/mol. The average Bonchev–Trinajstić information content (AvgIpc) is 2.69. The molecule has 0 atom stereocenters. The molecule has 3 rings (SSSR count). The molecule has 0 aromatic heterocycles. The van der Waals surface area contributed by atoms with E-state index in [1.165, 1.54) is 0 Å². The van der Waals surface area contributed by atoms with Crippen molar-refractivity contribution in [3.63, 3.8) is 0 Å². The van der Waals surface area contributed by atoms with Crippen molar-refractivity contribution in [2.24, 2.45) is 0 Å². The van der Waals surface area contributed by atoms with Crippen LogP contribution in [0.15, 0.2) is 48.5 Å². The van der Waals surface area contributed by atoms with Crippen molar-refractivity contribution in [2.45, 2.75) is 18.3 Å². The summed E-state index contributed by atoms with van der Waals surface area (Å²) >= 11 is 5.46. The summed E-state index contributed by atoms with van der Waals surface area (Å²) in [4.78, 5) is 24.3. The highest BCUT2D eigenvalue weighted by Crippen LogP contribution is 2.37. The highest BCUT2D eigenvalue weighted by Gasteiger charge is 2.41. The van der Waals surface area contributed by atoms with Crippen LogP contribution in [0, 0.1) is 0 Å². The summed E-state index contributed by atoms with van der Waals surface area (Å²) in [5, 5.41) is 2.44. The van der Waals surface area contributed by atoms with Crippen LogP contribution < -0.4 is 10.1 Å². The average molecular weight is 374 g/mol. The molecule has 5 nitrogen and oxygen atoms in total. The minimum atomic E-state index is -0.661. The predicted molar refractivity (Wildman–Crippen MR) is 100.0 cm³/mol. The Hall–Kier alpha value is -2.37. The molecule has 26 heavy (non-hydrogen) atoms. The summed E-state index contributed by atoms with van der Waals surface area (Å²) in [6.45, 7) is 1.05. The first-order chi connectivity index (χ1) is 12.5. The molecule has 6 heteroatoms. The molecule has 2 aromatic rings. The predicted octanol–water partition coefficient (Wildman–Crippen LogP) is 3.76. The lowest BCUT2D eigenvalue weighted by Crippen LogP contribution is -2.44. The van der Waals surface area contributed by atoms with Crippen LogP contribution in [0.3, 0.4) is 0 Å². The molecule has 2 aromatic carbocycles. The van der Waals surface area contributed by atoms with Crippen LogP contribution >= 0.6 is 11.6 Å². The van der Waals surface area contributed by atoms with Gasteiger partial charge >= 0.3 is 0 Å². The van der Waals surface area contributed by atoms with Gasteiger partial charge in [0.1, 0.15) is 5.75 Å². The van der Waals surface area contributed by atoms with E-state index in [-0.39, 0.29) is 5.91 Å². The third-order valence-corrected chi connectivity index (χ3v) is 5.01. The molecule has 0 spiro atoms. The summed E-state index contributed by atoms with van der Waals surface area (Å²) < 4.78 is 10.7. The molecule has 1 fully saturated rings. The number of hydrogen-bond acceptors (Lipinski definition) is 4. The van der Waals surface area contributed by atoms with E-state index in [0.717, 1.165) is 11.3 Å². The van der Waals surface area contributed by atoms with Gasteiger partial charge in [-0.15, -0.1) is 0 Å². The van der Waals surface area contributed by atoms with Crippen molar-refractivity contribution < 1.29 is 19.1 Å². The fourth-order valence-electron chi connectivity index (χ4n) is 3.21. The zero-order chi connectivity index (χ0) is 18.6. The van der Waals surface area contributed by atoms with Gasteiger partial charge in [-0.05, 0) is 66.4 Å². The quantitative estimate of drug-likeness (QED) is 0.810. The standard InChI is InChI=1S/C20H20ClNO4/c1-25-17-8-4-15(5-9-17)20(10-12-26-13-11-20)19(24)22-16-6-2-14(3-7-16)18(21)23/h2-9H,10-13H2,1H3,(H,22,24). The Morgan fingerprint density at radius 2 is 1.65 bits per heavy atom. The van der Waals surface area contributed by atoms with E-state index in [1.54, 1.807) is 31.4 Å². The zero-order valence-electron chi connectivity index (χ0n) is 14.5. The van der Waals surface area contributed by atoms with Crippen LogP contribution in [0.4, 0.5) is 5.69 Å².